The average Bonchev–Trinajstić information content (AvgIpc) is 2.69. The van der Waals surface area contributed by atoms with Crippen molar-refractivity contribution < 1.29 is 9.90 Å². The van der Waals surface area contributed by atoms with Crippen molar-refractivity contribution in [3.63, 3.8) is 0 Å². The zero-order valence-corrected chi connectivity index (χ0v) is 11.3. The zero-order chi connectivity index (χ0) is 14.0. The van der Waals surface area contributed by atoms with Crippen LogP contribution in [0.2, 0.25) is 0 Å². The molecule has 1 aromatic rings. The van der Waals surface area contributed by atoms with E-state index < -0.39 is 6.10 Å². The van der Waals surface area contributed by atoms with Gasteiger partial charge in [0, 0.05) is 25.3 Å². The number of aromatic nitrogens is 1. The van der Waals surface area contributed by atoms with E-state index in [1.54, 1.807) is 17.2 Å². The number of nitrogens with zero attached hydrogens (tertiary/aromatic N) is 3. The smallest absolute Gasteiger partial charge is 0.256 e. The van der Waals surface area contributed by atoms with Gasteiger partial charge in [0.2, 0.25) is 0 Å². The van der Waals surface area contributed by atoms with Crippen molar-refractivity contribution in [1.82, 2.24) is 14.8 Å². The molecule has 2 atom stereocenters. The molecule has 1 amide bonds. The molecule has 2 unspecified atom stereocenters. The SMILES string of the molecule is CN(C)CC1CC(O)CN1C(=O)c1ccncc1N. The molecule has 104 valence electrons. The van der Waals surface area contributed by atoms with Gasteiger partial charge in [0.05, 0.1) is 23.6 Å². The highest BCUT2D eigenvalue weighted by atomic mass is 16.3. The fourth-order valence-corrected chi connectivity index (χ4v) is 2.49. The van der Waals surface area contributed by atoms with Gasteiger partial charge in [0.1, 0.15) is 0 Å². The second-order valence-electron chi connectivity index (χ2n) is 5.23. The van der Waals surface area contributed by atoms with Gasteiger partial charge in [-0.15, -0.1) is 0 Å². The third-order valence-electron chi connectivity index (χ3n) is 3.31. The minimum absolute atomic E-state index is 0.0186. The summed E-state index contributed by atoms with van der Waals surface area (Å²) in [6.45, 7) is 1.09. The van der Waals surface area contributed by atoms with Crippen molar-refractivity contribution in [1.29, 1.82) is 0 Å². The van der Waals surface area contributed by atoms with Crippen molar-refractivity contribution in [2.45, 2.75) is 18.6 Å². The molecule has 1 aliphatic rings. The Kier molecular flexibility index (Phi) is 4.01. The molecule has 1 saturated heterocycles. The largest absolute Gasteiger partial charge is 0.397 e. The fraction of sp³-hybridized carbons (Fsp3) is 0.538. The average molecular weight is 264 g/mol. The Bertz CT molecular complexity index is 464. The lowest BCUT2D eigenvalue weighted by molar-refractivity contribution is 0.0700. The third-order valence-corrected chi connectivity index (χ3v) is 3.31. The Morgan fingerprint density at radius 2 is 2.37 bits per heavy atom. The Balaban J connectivity index is 2.19. The summed E-state index contributed by atoms with van der Waals surface area (Å²) in [5.74, 6) is -0.136. The molecule has 0 saturated carbocycles. The molecular weight excluding hydrogens is 244 g/mol. The molecule has 2 rings (SSSR count). The number of carbonyl (C=O) groups is 1. The van der Waals surface area contributed by atoms with Crippen LogP contribution in [0.5, 0.6) is 0 Å². The van der Waals surface area contributed by atoms with E-state index in [0.717, 1.165) is 6.54 Å². The van der Waals surface area contributed by atoms with E-state index in [4.69, 9.17) is 5.73 Å². The first-order valence-electron chi connectivity index (χ1n) is 6.32. The minimum atomic E-state index is -0.461. The van der Waals surface area contributed by atoms with E-state index in [-0.39, 0.29) is 11.9 Å². The number of nitrogens with two attached hydrogens (primary N) is 1. The van der Waals surface area contributed by atoms with Gasteiger partial charge in [-0.2, -0.15) is 0 Å². The number of nitrogen functional groups attached to an aromatic ring is 1. The van der Waals surface area contributed by atoms with Crippen LogP contribution in [0.4, 0.5) is 5.69 Å². The van der Waals surface area contributed by atoms with Gasteiger partial charge in [-0.25, -0.2) is 0 Å². The number of hydrogen-bond donors (Lipinski definition) is 2. The van der Waals surface area contributed by atoms with Crippen LogP contribution >= 0.6 is 0 Å². The van der Waals surface area contributed by atoms with Crippen LogP contribution in [0, 0.1) is 0 Å². The molecule has 19 heavy (non-hydrogen) atoms. The van der Waals surface area contributed by atoms with Gasteiger partial charge in [-0.05, 0) is 26.6 Å². The van der Waals surface area contributed by atoms with Crippen molar-refractivity contribution >= 4 is 11.6 Å². The van der Waals surface area contributed by atoms with Crippen molar-refractivity contribution in [3.05, 3.63) is 24.0 Å². The number of aliphatic hydroxyl groups is 1. The van der Waals surface area contributed by atoms with Gasteiger partial charge < -0.3 is 20.6 Å². The van der Waals surface area contributed by atoms with Crippen LogP contribution in [0.15, 0.2) is 18.5 Å². The lowest BCUT2D eigenvalue weighted by Gasteiger charge is -2.27. The maximum absolute atomic E-state index is 12.5. The molecule has 2 heterocycles. The summed E-state index contributed by atoms with van der Waals surface area (Å²) in [6, 6.07) is 1.64. The Morgan fingerprint density at radius 1 is 1.63 bits per heavy atom. The van der Waals surface area contributed by atoms with E-state index in [0.29, 0.717) is 24.2 Å². The van der Waals surface area contributed by atoms with Crippen molar-refractivity contribution in [2.75, 3.05) is 32.9 Å². The number of aliphatic hydroxyl groups excluding tert-OH is 1. The summed E-state index contributed by atoms with van der Waals surface area (Å²) in [5, 5.41) is 9.79. The van der Waals surface area contributed by atoms with Crippen LogP contribution in [0.25, 0.3) is 0 Å². The summed E-state index contributed by atoms with van der Waals surface area (Å²) < 4.78 is 0. The molecule has 3 N–H and O–H groups in total. The number of hydrogen-bond acceptors (Lipinski definition) is 5. The first kappa shape index (κ1) is 13.8. The zero-order valence-electron chi connectivity index (χ0n) is 11.3. The maximum atomic E-state index is 12.5. The number of anilines is 1. The first-order chi connectivity index (χ1) is 8.99. The van der Waals surface area contributed by atoms with Crippen LogP contribution in [0.1, 0.15) is 16.8 Å². The lowest BCUT2D eigenvalue weighted by atomic mass is 10.1. The molecule has 6 heteroatoms. The summed E-state index contributed by atoms with van der Waals surface area (Å²) in [7, 11) is 3.91. The molecule has 0 radical (unpaired) electrons. The van der Waals surface area contributed by atoms with Gasteiger partial charge in [0.25, 0.3) is 5.91 Å². The summed E-state index contributed by atoms with van der Waals surface area (Å²) in [5.41, 5.74) is 6.61. The van der Waals surface area contributed by atoms with Gasteiger partial charge in [-0.1, -0.05) is 0 Å². The first-order valence-corrected chi connectivity index (χ1v) is 6.32. The highest BCUT2D eigenvalue weighted by Gasteiger charge is 2.35. The number of likely N-dealkylation sites (tertiary alicyclic amines) is 1. The highest BCUT2D eigenvalue weighted by molar-refractivity contribution is 5.99. The van der Waals surface area contributed by atoms with E-state index in [1.165, 1.54) is 6.20 Å². The molecule has 1 aromatic heterocycles. The van der Waals surface area contributed by atoms with Crippen molar-refractivity contribution in [2.24, 2.45) is 0 Å². The van der Waals surface area contributed by atoms with E-state index in [1.807, 2.05) is 19.0 Å². The number of amides is 1. The monoisotopic (exact) mass is 264 g/mol. The van der Waals surface area contributed by atoms with E-state index in [2.05, 4.69) is 4.98 Å². The molecule has 1 aliphatic heterocycles. The van der Waals surface area contributed by atoms with Crippen molar-refractivity contribution in [3.8, 4) is 0 Å². The Labute approximate surface area is 112 Å². The van der Waals surface area contributed by atoms with Crippen LogP contribution in [0.3, 0.4) is 0 Å². The van der Waals surface area contributed by atoms with E-state index in [9.17, 15) is 9.90 Å². The molecule has 6 nitrogen and oxygen atoms in total. The summed E-state index contributed by atoms with van der Waals surface area (Å²) in [6.07, 6.45) is 3.17. The second kappa shape index (κ2) is 5.54. The maximum Gasteiger partial charge on any atom is 0.256 e. The normalized spacial score (nSPS) is 23.1. The third kappa shape index (κ3) is 3.02. The number of pyridine rings is 1. The van der Waals surface area contributed by atoms with Gasteiger partial charge >= 0.3 is 0 Å². The standard InChI is InChI=1S/C13H20N4O2/c1-16(2)7-9-5-10(18)8-17(9)13(19)11-3-4-15-6-12(11)14/h3-4,6,9-10,18H,5,7-8,14H2,1-2H3. The second-order valence-corrected chi connectivity index (χ2v) is 5.23. The number of carbonyl (C=O) groups excluding carboxylic acids is 1. The molecule has 0 aliphatic carbocycles. The Hall–Kier alpha value is -1.66. The highest BCUT2D eigenvalue weighted by Crippen LogP contribution is 2.22. The van der Waals surface area contributed by atoms with Gasteiger partial charge in [-0.3, -0.25) is 9.78 Å². The topological polar surface area (TPSA) is 82.7 Å². The quantitative estimate of drug-likeness (QED) is 0.790. The Morgan fingerprint density at radius 3 is 3.00 bits per heavy atom. The molecule has 0 bridgehead atoms. The minimum Gasteiger partial charge on any atom is -0.397 e. The summed E-state index contributed by atoms with van der Waals surface area (Å²) in [4.78, 5) is 20.1. The molecule has 0 spiro atoms. The van der Waals surface area contributed by atoms with Crippen LogP contribution in [-0.2, 0) is 0 Å². The molecule has 1 fully saturated rings. The predicted molar refractivity (Wildman–Crippen MR) is 72.7 cm³/mol. The number of rotatable bonds is 3. The lowest BCUT2D eigenvalue weighted by Crippen LogP contribution is -2.41. The number of β-amino-alcohol motifs (C(OH)–C–C–N with tert-alkyl or cyclic N) is 1. The molecule has 0 aromatic carbocycles. The molecular formula is C13H20N4O2. The summed E-state index contributed by atoms with van der Waals surface area (Å²) >= 11 is 0. The number of likely N-dealkylation sites (N-methyl/N-ethyl adjacent to an activating group) is 1. The van der Waals surface area contributed by atoms with Crippen LogP contribution in [-0.4, -0.2) is 65.1 Å². The van der Waals surface area contributed by atoms with Gasteiger partial charge in [0.15, 0.2) is 0 Å². The fourth-order valence-electron chi connectivity index (χ4n) is 2.49. The van der Waals surface area contributed by atoms with Crippen LogP contribution < -0.4 is 5.73 Å². The van der Waals surface area contributed by atoms with E-state index >= 15 is 0 Å². The predicted octanol–water partition coefficient (Wildman–Crippen LogP) is -0.199.